The zero-order valence-electron chi connectivity index (χ0n) is 17.8. The maximum absolute atomic E-state index is 12.3. The van der Waals surface area contributed by atoms with E-state index in [0.29, 0.717) is 30.1 Å². The van der Waals surface area contributed by atoms with Crippen LogP contribution in [-0.4, -0.2) is 12.4 Å². The number of carbonyl (C=O) groups excluding carboxylic acids is 1. The predicted molar refractivity (Wildman–Crippen MR) is 116 cm³/mol. The molecular formula is C25H30O4. The van der Waals surface area contributed by atoms with Gasteiger partial charge in [0.1, 0.15) is 23.7 Å². The first-order valence-corrected chi connectivity index (χ1v) is 10.2. The van der Waals surface area contributed by atoms with E-state index in [2.05, 4.69) is 13.5 Å². The Morgan fingerprint density at radius 2 is 2.07 bits per heavy atom. The summed E-state index contributed by atoms with van der Waals surface area (Å²) in [5, 5.41) is 0.830. The number of aryl methyl sites for hydroxylation is 1. The molecule has 1 aliphatic rings. The number of Topliss-reactive ketones (excluding diaryl/α,β-unsaturated/α-hetero) is 1. The normalized spacial score (nSPS) is 19.6. The lowest BCUT2D eigenvalue weighted by molar-refractivity contribution is -0.130. The second-order valence-electron chi connectivity index (χ2n) is 8.63. The van der Waals surface area contributed by atoms with E-state index < -0.39 is 5.63 Å². The third kappa shape index (κ3) is 4.52. The van der Waals surface area contributed by atoms with Gasteiger partial charge in [-0.05, 0) is 56.7 Å². The van der Waals surface area contributed by atoms with Crippen molar-refractivity contribution in [3.63, 3.8) is 0 Å². The van der Waals surface area contributed by atoms with Crippen molar-refractivity contribution in [2.45, 2.75) is 53.4 Å². The smallest absolute Gasteiger partial charge is 0.339 e. The van der Waals surface area contributed by atoms with Crippen LogP contribution in [-0.2, 0) is 4.79 Å². The predicted octanol–water partition coefficient (Wildman–Crippen LogP) is 5.77. The maximum atomic E-state index is 12.3. The monoisotopic (exact) mass is 394 g/mol. The van der Waals surface area contributed by atoms with E-state index in [4.69, 9.17) is 9.15 Å². The molecule has 0 amide bonds. The van der Waals surface area contributed by atoms with E-state index in [0.717, 1.165) is 30.2 Å². The summed E-state index contributed by atoms with van der Waals surface area (Å²) in [4.78, 5) is 24.1. The molecule has 4 nitrogen and oxygen atoms in total. The summed E-state index contributed by atoms with van der Waals surface area (Å²) >= 11 is 0. The summed E-state index contributed by atoms with van der Waals surface area (Å²) in [5.41, 5.74) is 3.19. The van der Waals surface area contributed by atoms with Gasteiger partial charge in [0, 0.05) is 11.8 Å². The minimum atomic E-state index is -0.415. The van der Waals surface area contributed by atoms with Gasteiger partial charge in [0.2, 0.25) is 0 Å². The Balaban J connectivity index is 1.66. The van der Waals surface area contributed by atoms with Crippen LogP contribution >= 0.6 is 0 Å². The first kappa shape index (κ1) is 21.1. The quantitative estimate of drug-likeness (QED) is 0.461. The van der Waals surface area contributed by atoms with E-state index in [1.54, 1.807) is 6.07 Å². The SMILES string of the molecule is C=C1CCC(=O)C(C)(C)[C@@H]1CC/C(C)=C/COc1cc(=O)oc2cccc(C)c12. The van der Waals surface area contributed by atoms with Crippen molar-refractivity contribution >= 4 is 16.8 Å². The molecule has 0 bridgehead atoms. The van der Waals surface area contributed by atoms with Crippen LogP contribution in [0.15, 0.2) is 57.3 Å². The highest BCUT2D eigenvalue weighted by molar-refractivity contribution is 5.87. The largest absolute Gasteiger partial charge is 0.488 e. The highest BCUT2D eigenvalue weighted by Gasteiger charge is 2.40. The summed E-state index contributed by atoms with van der Waals surface area (Å²) < 4.78 is 11.2. The molecule has 1 fully saturated rings. The molecule has 0 N–H and O–H groups in total. The van der Waals surface area contributed by atoms with Crippen LogP contribution in [0.1, 0.15) is 52.0 Å². The average molecular weight is 395 g/mol. The van der Waals surface area contributed by atoms with Gasteiger partial charge in [-0.15, -0.1) is 0 Å². The maximum Gasteiger partial charge on any atom is 0.339 e. The van der Waals surface area contributed by atoms with Crippen LogP contribution in [0, 0.1) is 18.3 Å². The third-order valence-corrected chi connectivity index (χ3v) is 6.19. The third-order valence-electron chi connectivity index (χ3n) is 6.19. The Labute approximate surface area is 172 Å². The Morgan fingerprint density at radius 1 is 1.31 bits per heavy atom. The van der Waals surface area contributed by atoms with Crippen molar-refractivity contribution in [2.75, 3.05) is 6.61 Å². The number of ketones is 1. The van der Waals surface area contributed by atoms with E-state index in [-0.39, 0.29) is 11.3 Å². The highest BCUT2D eigenvalue weighted by Crippen LogP contribution is 2.43. The molecule has 0 unspecified atom stereocenters. The number of benzene rings is 1. The van der Waals surface area contributed by atoms with Gasteiger partial charge in [-0.2, -0.15) is 0 Å². The van der Waals surface area contributed by atoms with Gasteiger partial charge >= 0.3 is 5.63 Å². The highest BCUT2D eigenvalue weighted by atomic mass is 16.5. The van der Waals surface area contributed by atoms with Gasteiger partial charge < -0.3 is 9.15 Å². The molecule has 0 spiro atoms. The lowest BCUT2D eigenvalue weighted by Gasteiger charge is -2.39. The molecule has 0 radical (unpaired) electrons. The number of hydrogen-bond donors (Lipinski definition) is 0. The molecule has 154 valence electrons. The molecule has 29 heavy (non-hydrogen) atoms. The van der Waals surface area contributed by atoms with Gasteiger partial charge in [-0.1, -0.05) is 43.7 Å². The van der Waals surface area contributed by atoms with Crippen LogP contribution in [0.4, 0.5) is 0 Å². The lowest BCUT2D eigenvalue weighted by atomic mass is 9.64. The molecule has 0 aliphatic heterocycles. The molecule has 1 aromatic carbocycles. The summed E-state index contributed by atoms with van der Waals surface area (Å²) in [6.07, 6.45) is 5.27. The molecule has 4 heteroatoms. The molecule has 1 atom stereocenters. The van der Waals surface area contributed by atoms with E-state index >= 15 is 0 Å². The van der Waals surface area contributed by atoms with Crippen LogP contribution in [0.25, 0.3) is 11.0 Å². The number of rotatable bonds is 6. The fourth-order valence-corrected chi connectivity index (χ4v) is 4.26. The first-order chi connectivity index (χ1) is 13.7. The number of ether oxygens (including phenoxy) is 1. The van der Waals surface area contributed by atoms with Gasteiger partial charge in [0.05, 0.1) is 11.5 Å². The second kappa shape index (κ2) is 8.40. The molecular weight excluding hydrogens is 364 g/mol. The van der Waals surface area contributed by atoms with Crippen molar-refractivity contribution in [1.82, 2.24) is 0 Å². The number of allylic oxidation sites excluding steroid dienone is 2. The molecule has 0 saturated heterocycles. The Morgan fingerprint density at radius 3 is 2.83 bits per heavy atom. The van der Waals surface area contributed by atoms with Crippen molar-refractivity contribution < 1.29 is 13.9 Å². The molecule has 1 aliphatic carbocycles. The standard InChI is InChI=1S/C25H30O4/c1-16(9-11-19-17(2)10-12-22(26)25(19,4)5)13-14-28-21-15-23(27)29-20-8-6-7-18(3)24(20)21/h6-8,13,15,19H,2,9-12,14H2,1,3-5H3/b16-13+/t19-/m1/s1. The van der Waals surface area contributed by atoms with E-state index in [1.807, 2.05) is 39.0 Å². The zero-order valence-corrected chi connectivity index (χ0v) is 17.8. The van der Waals surface area contributed by atoms with Crippen LogP contribution in [0.5, 0.6) is 5.75 Å². The fraction of sp³-hybridized carbons (Fsp3) is 0.440. The second-order valence-corrected chi connectivity index (χ2v) is 8.63. The Hall–Kier alpha value is -2.62. The molecule has 2 aromatic rings. The van der Waals surface area contributed by atoms with Crippen molar-refractivity contribution in [2.24, 2.45) is 11.3 Å². The van der Waals surface area contributed by atoms with Crippen LogP contribution < -0.4 is 10.4 Å². The van der Waals surface area contributed by atoms with Gasteiger partial charge in [-0.25, -0.2) is 4.79 Å². The number of carbonyl (C=O) groups is 1. The Bertz CT molecular complexity index is 1020. The molecule has 1 aromatic heterocycles. The lowest BCUT2D eigenvalue weighted by Crippen LogP contribution is -2.38. The van der Waals surface area contributed by atoms with Crippen molar-refractivity contribution in [3.05, 3.63) is 64.1 Å². The zero-order chi connectivity index (χ0) is 21.2. The first-order valence-electron chi connectivity index (χ1n) is 10.2. The van der Waals surface area contributed by atoms with Gasteiger partial charge in [-0.3, -0.25) is 4.79 Å². The van der Waals surface area contributed by atoms with Gasteiger partial charge in [0.15, 0.2) is 0 Å². The topological polar surface area (TPSA) is 56.5 Å². The Kier molecular flexibility index (Phi) is 6.11. The van der Waals surface area contributed by atoms with Gasteiger partial charge in [0.25, 0.3) is 0 Å². The van der Waals surface area contributed by atoms with Crippen molar-refractivity contribution in [1.29, 1.82) is 0 Å². The summed E-state index contributed by atoms with van der Waals surface area (Å²) in [7, 11) is 0. The van der Waals surface area contributed by atoms with Crippen molar-refractivity contribution in [3.8, 4) is 5.75 Å². The summed E-state index contributed by atoms with van der Waals surface area (Å²) in [6.45, 7) is 12.7. The fourth-order valence-electron chi connectivity index (χ4n) is 4.26. The van der Waals surface area contributed by atoms with E-state index in [1.165, 1.54) is 17.2 Å². The molecule has 1 saturated carbocycles. The van der Waals surface area contributed by atoms with Crippen LogP contribution in [0.2, 0.25) is 0 Å². The van der Waals surface area contributed by atoms with Crippen LogP contribution in [0.3, 0.4) is 0 Å². The average Bonchev–Trinajstić information content (AvgIpc) is 2.64. The molecule has 1 heterocycles. The summed E-state index contributed by atoms with van der Waals surface area (Å²) in [6, 6.07) is 7.01. The summed E-state index contributed by atoms with van der Waals surface area (Å²) in [5.74, 6) is 1.11. The minimum Gasteiger partial charge on any atom is -0.488 e. The number of fused-ring (bicyclic) bond motifs is 1. The minimum absolute atomic E-state index is 0.221. The number of hydrogen-bond acceptors (Lipinski definition) is 4. The van der Waals surface area contributed by atoms with E-state index in [9.17, 15) is 9.59 Å². The molecule has 3 rings (SSSR count).